The van der Waals surface area contributed by atoms with Gasteiger partial charge in [-0.2, -0.15) is 0 Å². The lowest BCUT2D eigenvalue weighted by molar-refractivity contribution is -0.144. The van der Waals surface area contributed by atoms with E-state index in [1.54, 1.807) is 12.1 Å². The second kappa shape index (κ2) is 7.48. The summed E-state index contributed by atoms with van der Waals surface area (Å²) >= 11 is 0. The van der Waals surface area contributed by atoms with Gasteiger partial charge in [-0.3, -0.25) is 4.79 Å². The van der Waals surface area contributed by atoms with Crippen LogP contribution in [0.5, 0.6) is 0 Å². The van der Waals surface area contributed by atoms with Crippen LogP contribution >= 0.6 is 0 Å². The molecule has 6 heteroatoms. The quantitative estimate of drug-likeness (QED) is 0.741. The van der Waals surface area contributed by atoms with Crippen LogP contribution in [0.4, 0.5) is 4.39 Å². The average molecular weight is 268 g/mol. The van der Waals surface area contributed by atoms with E-state index in [0.29, 0.717) is 6.54 Å². The first-order valence-electron chi connectivity index (χ1n) is 5.83. The van der Waals surface area contributed by atoms with E-state index in [9.17, 15) is 14.0 Å². The second-order valence-corrected chi connectivity index (χ2v) is 4.03. The number of carbonyl (C=O) groups excluding carboxylic acids is 2. The van der Waals surface area contributed by atoms with Crippen molar-refractivity contribution in [3.63, 3.8) is 0 Å². The third kappa shape index (κ3) is 5.48. The minimum Gasteiger partial charge on any atom is -0.467 e. The van der Waals surface area contributed by atoms with E-state index in [1.165, 1.54) is 26.2 Å². The van der Waals surface area contributed by atoms with Gasteiger partial charge < -0.3 is 15.4 Å². The molecular formula is C13H17FN2O3. The molecule has 1 aromatic carbocycles. The fourth-order valence-corrected chi connectivity index (χ4v) is 1.54. The molecule has 0 aromatic heterocycles. The van der Waals surface area contributed by atoms with Crippen molar-refractivity contribution < 1.29 is 18.7 Å². The number of nitrogens with one attached hydrogen (secondary N) is 2. The Hall–Kier alpha value is -1.95. The number of benzene rings is 1. The van der Waals surface area contributed by atoms with Crippen LogP contribution < -0.4 is 10.6 Å². The van der Waals surface area contributed by atoms with Crippen LogP contribution in [0, 0.1) is 5.82 Å². The average Bonchev–Trinajstić information content (AvgIpc) is 2.38. The Morgan fingerprint density at radius 3 is 2.47 bits per heavy atom. The van der Waals surface area contributed by atoms with Crippen LogP contribution in [0.1, 0.15) is 12.5 Å². The van der Waals surface area contributed by atoms with Crippen LogP contribution in [-0.2, 0) is 20.9 Å². The Labute approximate surface area is 111 Å². The first kappa shape index (κ1) is 15.1. The number of carbonyl (C=O) groups is 2. The molecule has 1 aromatic rings. The second-order valence-electron chi connectivity index (χ2n) is 4.03. The molecule has 0 saturated carbocycles. The third-order valence-electron chi connectivity index (χ3n) is 2.45. The highest BCUT2D eigenvalue weighted by atomic mass is 19.1. The molecule has 1 amide bonds. The Kier molecular flexibility index (Phi) is 5.95. The highest BCUT2D eigenvalue weighted by Crippen LogP contribution is 2.02. The summed E-state index contributed by atoms with van der Waals surface area (Å²) in [6, 6.07) is 5.29. The Balaban J connectivity index is 2.45. The van der Waals surface area contributed by atoms with Crippen LogP contribution in [0.2, 0.25) is 0 Å². The van der Waals surface area contributed by atoms with E-state index in [2.05, 4.69) is 15.4 Å². The van der Waals surface area contributed by atoms with Gasteiger partial charge in [0.1, 0.15) is 11.9 Å². The maximum Gasteiger partial charge on any atom is 0.329 e. The monoisotopic (exact) mass is 268 g/mol. The first-order chi connectivity index (χ1) is 9.02. The van der Waals surface area contributed by atoms with E-state index >= 15 is 0 Å². The molecule has 0 aliphatic rings. The molecule has 5 nitrogen and oxygen atoms in total. The molecule has 0 spiro atoms. The highest BCUT2D eigenvalue weighted by Gasteiger charge is 2.19. The summed E-state index contributed by atoms with van der Waals surface area (Å²) in [6.45, 7) is 2.03. The molecule has 0 aliphatic heterocycles. The molecule has 1 rings (SSSR count). The molecule has 0 bridgehead atoms. The summed E-state index contributed by atoms with van der Waals surface area (Å²) in [4.78, 5) is 22.4. The minimum absolute atomic E-state index is 0.240. The zero-order valence-corrected chi connectivity index (χ0v) is 10.9. The standard InChI is InChI=1S/C13H17FN2O3/c1-9(17)16-12(13(18)19-2)8-15-7-10-3-5-11(14)6-4-10/h3-6,12,15H,7-8H2,1-2H3,(H,16,17). The predicted molar refractivity (Wildman–Crippen MR) is 67.7 cm³/mol. The van der Waals surface area contributed by atoms with Crippen molar-refractivity contribution in [3.8, 4) is 0 Å². The molecule has 1 unspecified atom stereocenters. The SMILES string of the molecule is COC(=O)C(CNCc1ccc(F)cc1)NC(C)=O. The molecular weight excluding hydrogens is 251 g/mol. The number of halogens is 1. The molecule has 0 saturated heterocycles. The third-order valence-corrected chi connectivity index (χ3v) is 2.45. The lowest BCUT2D eigenvalue weighted by Gasteiger charge is -2.16. The number of amides is 1. The Morgan fingerprint density at radius 1 is 1.32 bits per heavy atom. The Bertz CT molecular complexity index is 434. The largest absolute Gasteiger partial charge is 0.467 e. The van der Waals surface area contributed by atoms with Crippen molar-refractivity contribution in [2.75, 3.05) is 13.7 Å². The van der Waals surface area contributed by atoms with Gasteiger partial charge >= 0.3 is 5.97 Å². The molecule has 0 aliphatic carbocycles. The van der Waals surface area contributed by atoms with E-state index in [4.69, 9.17) is 0 Å². The maximum absolute atomic E-state index is 12.7. The zero-order valence-electron chi connectivity index (χ0n) is 10.9. The Morgan fingerprint density at radius 2 is 1.95 bits per heavy atom. The number of rotatable bonds is 6. The van der Waals surface area contributed by atoms with Gasteiger partial charge in [0, 0.05) is 20.0 Å². The highest BCUT2D eigenvalue weighted by molar-refractivity contribution is 5.83. The fraction of sp³-hybridized carbons (Fsp3) is 0.385. The summed E-state index contributed by atoms with van der Waals surface area (Å²) in [6.07, 6.45) is 0. The van der Waals surface area contributed by atoms with Gasteiger partial charge in [0.2, 0.25) is 5.91 Å². The van der Waals surface area contributed by atoms with Crippen LogP contribution in [-0.4, -0.2) is 31.6 Å². The molecule has 104 valence electrons. The van der Waals surface area contributed by atoms with Crippen LogP contribution in [0.25, 0.3) is 0 Å². The fourth-order valence-electron chi connectivity index (χ4n) is 1.54. The van der Waals surface area contributed by atoms with Gasteiger partial charge in [-0.1, -0.05) is 12.1 Å². The van der Waals surface area contributed by atoms with Gasteiger partial charge in [-0.05, 0) is 17.7 Å². The van der Waals surface area contributed by atoms with Gasteiger partial charge in [0.15, 0.2) is 0 Å². The van der Waals surface area contributed by atoms with Crippen molar-refractivity contribution in [2.24, 2.45) is 0 Å². The number of hydrogen-bond donors (Lipinski definition) is 2. The molecule has 0 fully saturated rings. The minimum atomic E-state index is -0.733. The van der Waals surface area contributed by atoms with E-state index in [-0.39, 0.29) is 18.3 Å². The predicted octanol–water partition coefficient (Wildman–Crippen LogP) is 0.593. The van der Waals surface area contributed by atoms with Crippen molar-refractivity contribution in [3.05, 3.63) is 35.6 Å². The van der Waals surface area contributed by atoms with Gasteiger partial charge in [-0.15, -0.1) is 0 Å². The lowest BCUT2D eigenvalue weighted by atomic mass is 10.2. The van der Waals surface area contributed by atoms with Crippen molar-refractivity contribution >= 4 is 11.9 Å². The topological polar surface area (TPSA) is 67.4 Å². The summed E-state index contributed by atoms with van der Waals surface area (Å²) in [7, 11) is 1.26. The first-order valence-corrected chi connectivity index (χ1v) is 5.83. The smallest absolute Gasteiger partial charge is 0.329 e. The summed E-state index contributed by atoms with van der Waals surface area (Å²) in [5.41, 5.74) is 0.882. The molecule has 1 atom stereocenters. The summed E-state index contributed by atoms with van der Waals surface area (Å²) in [5, 5.41) is 5.49. The molecule has 2 N–H and O–H groups in total. The van der Waals surface area contributed by atoms with Gasteiger partial charge in [-0.25, -0.2) is 9.18 Å². The summed E-state index contributed by atoms with van der Waals surface area (Å²) in [5.74, 6) is -1.12. The van der Waals surface area contributed by atoms with E-state index < -0.39 is 12.0 Å². The molecule has 0 radical (unpaired) electrons. The van der Waals surface area contributed by atoms with Crippen molar-refractivity contribution in [1.29, 1.82) is 0 Å². The van der Waals surface area contributed by atoms with E-state index in [1.807, 2.05) is 0 Å². The zero-order chi connectivity index (χ0) is 14.3. The van der Waals surface area contributed by atoms with Crippen LogP contribution in [0.15, 0.2) is 24.3 Å². The molecule has 19 heavy (non-hydrogen) atoms. The number of hydrogen-bond acceptors (Lipinski definition) is 4. The van der Waals surface area contributed by atoms with E-state index in [0.717, 1.165) is 5.56 Å². The molecule has 0 heterocycles. The van der Waals surface area contributed by atoms with Gasteiger partial charge in [0.25, 0.3) is 0 Å². The van der Waals surface area contributed by atoms with Crippen LogP contribution in [0.3, 0.4) is 0 Å². The van der Waals surface area contributed by atoms with Gasteiger partial charge in [0.05, 0.1) is 7.11 Å². The maximum atomic E-state index is 12.7. The number of esters is 1. The normalized spacial score (nSPS) is 11.7. The number of ether oxygens (including phenoxy) is 1. The van der Waals surface area contributed by atoms with Crippen molar-refractivity contribution in [2.45, 2.75) is 19.5 Å². The summed E-state index contributed by atoms with van der Waals surface area (Å²) < 4.78 is 17.3. The number of methoxy groups -OCH3 is 1. The lowest BCUT2D eigenvalue weighted by Crippen LogP contribution is -2.46. The van der Waals surface area contributed by atoms with Crippen molar-refractivity contribution in [1.82, 2.24) is 10.6 Å².